The molecule has 1 aromatic heterocycles. The number of hydrazone groups is 1. The van der Waals surface area contributed by atoms with Crippen LogP contribution in [0.4, 0.5) is 0 Å². The van der Waals surface area contributed by atoms with E-state index in [0.717, 1.165) is 55.4 Å². The number of hydrogen-bond donors (Lipinski definition) is 2. The Morgan fingerprint density at radius 2 is 2.11 bits per heavy atom. The van der Waals surface area contributed by atoms with Crippen molar-refractivity contribution in [3.8, 4) is 5.75 Å². The summed E-state index contributed by atoms with van der Waals surface area (Å²) < 4.78 is 10.9. The molecule has 7 heteroatoms. The van der Waals surface area contributed by atoms with Gasteiger partial charge in [-0.2, -0.15) is 5.10 Å². The molecule has 2 heterocycles. The van der Waals surface area contributed by atoms with Gasteiger partial charge in [0.05, 0.1) is 26.0 Å². The van der Waals surface area contributed by atoms with E-state index in [4.69, 9.17) is 9.47 Å². The molecular weight excluding hydrogens is 344 g/mol. The van der Waals surface area contributed by atoms with Crippen molar-refractivity contribution in [2.75, 3.05) is 33.4 Å². The number of amides is 1. The van der Waals surface area contributed by atoms with Gasteiger partial charge in [-0.25, -0.2) is 5.43 Å². The fourth-order valence-electron chi connectivity index (χ4n) is 3.00. The maximum Gasteiger partial charge on any atom is 0.289 e. The van der Waals surface area contributed by atoms with Crippen LogP contribution in [0.1, 0.15) is 28.5 Å². The molecule has 0 saturated carbocycles. The van der Waals surface area contributed by atoms with Gasteiger partial charge in [0.1, 0.15) is 31.1 Å². The Morgan fingerprint density at radius 1 is 1.30 bits per heavy atom. The molecule has 1 aromatic carbocycles. The van der Waals surface area contributed by atoms with Crippen molar-refractivity contribution in [3.05, 3.63) is 59.4 Å². The lowest BCUT2D eigenvalue weighted by Crippen LogP contribution is -3.12. The first kappa shape index (κ1) is 19.0. The monoisotopic (exact) mass is 369 g/mol. The molecule has 1 aliphatic heterocycles. The summed E-state index contributed by atoms with van der Waals surface area (Å²) in [7, 11) is 1.68. The summed E-state index contributed by atoms with van der Waals surface area (Å²) in [5.41, 5.74) is 5.68. The number of ether oxygens (including phenoxy) is 2. The number of methoxy groups -OCH3 is 1. The standard InChI is InChI=1S/C20H24N4O3/c1-15(22-23-20(25)18-5-3-4-8-21-18)16-6-7-19(26-2)17(13-16)14-24-9-11-27-12-10-24/h3-8,13H,9-12,14H2,1-2H3,(H,23,25)/p+1/b22-15-. The molecule has 2 N–H and O–H groups in total. The lowest BCUT2D eigenvalue weighted by atomic mass is 10.1. The van der Waals surface area contributed by atoms with Gasteiger partial charge >= 0.3 is 0 Å². The normalized spacial score (nSPS) is 15.4. The third kappa shape index (κ3) is 5.12. The molecule has 1 aliphatic rings. The van der Waals surface area contributed by atoms with Gasteiger partial charge in [-0.15, -0.1) is 0 Å². The summed E-state index contributed by atoms with van der Waals surface area (Å²) >= 11 is 0. The van der Waals surface area contributed by atoms with Crippen LogP contribution in [0.5, 0.6) is 5.75 Å². The second kappa shape index (κ2) is 9.25. The quantitative estimate of drug-likeness (QED) is 0.579. The molecule has 0 bridgehead atoms. The van der Waals surface area contributed by atoms with Gasteiger partial charge < -0.3 is 14.4 Å². The molecule has 0 aliphatic carbocycles. The van der Waals surface area contributed by atoms with Crippen LogP contribution in [0, 0.1) is 0 Å². The minimum atomic E-state index is -0.332. The van der Waals surface area contributed by atoms with Crippen molar-refractivity contribution in [2.45, 2.75) is 13.5 Å². The molecule has 0 spiro atoms. The molecule has 27 heavy (non-hydrogen) atoms. The van der Waals surface area contributed by atoms with E-state index in [1.807, 2.05) is 19.1 Å². The first-order chi connectivity index (χ1) is 13.2. The van der Waals surface area contributed by atoms with Crippen molar-refractivity contribution >= 4 is 11.6 Å². The summed E-state index contributed by atoms with van der Waals surface area (Å²) in [4.78, 5) is 17.6. The summed E-state index contributed by atoms with van der Waals surface area (Å²) in [6.45, 7) is 6.29. The number of morpholine rings is 1. The van der Waals surface area contributed by atoms with Gasteiger partial charge in [-0.05, 0) is 42.8 Å². The molecule has 3 rings (SSSR count). The van der Waals surface area contributed by atoms with Crippen LogP contribution in [0.25, 0.3) is 0 Å². The molecule has 0 atom stereocenters. The zero-order valence-corrected chi connectivity index (χ0v) is 15.7. The summed E-state index contributed by atoms with van der Waals surface area (Å²) in [6, 6.07) is 11.2. The van der Waals surface area contributed by atoms with Crippen LogP contribution in [0.2, 0.25) is 0 Å². The van der Waals surface area contributed by atoms with E-state index in [1.54, 1.807) is 31.5 Å². The number of aromatic nitrogens is 1. The number of nitrogens with one attached hydrogen (secondary N) is 2. The highest BCUT2D eigenvalue weighted by Crippen LogP contribution is 2.19. The number of benzene rings is 1. The molecule has 7 nitrogen and oxygen atoms in total. The van der Waals surface area contributed by atoms with E-state index >= 15 is 0 Å². The van der Waals surface area contributed by atoms with E-state index in [-0.39, 0.29) is 5.91 Å². The van der Waals surface area contributed by atoms with Gasteiger partial charge in [0.25, 0.3) is 5.91 Å². The topological polar surface area (TPSA) is 77.2 Å². The van der Waals surface area contributed by atoms with Crippen LogP contribution in [0.3, 0.4) is 0 Å². The van der Waals surface area contributed by atoms with Gasteiger partial charge in [0, 0.05) is 11.8 Å². The maximum atomic E-state index is 12.1. The van der Waals surface area contributed by atoms with Crippen molar-refractivity contribution in [2.24, 2.45) is 5.10 Å². The first-order valence-corrected chi connectivity index (χ1v) is 9.01. The average Bonchev–Trinajstić information content (AvgIpc) is 2.73. The van der Waals surface area contributed by atoms with Gasteiger partial charge in [-0.3, -0.25) is 9.78 Å². The van der Waals surface area contributed by atoms with Crippen molar-refractivity contribution in [1.29, 1.82) is 0 Å². The first-order valence-electron chi connectivity index (χ1n) is 9.01. The predicted molar refractivity (Wildman–Crippen MR) is 102 cm³/mol. The van der Waals surface area contributed by atoms with Crippen LogP contribution in [-0.2, 0) is 11.3 Å². The van der Waals surface area contributed by atoms with Crippen molar-refractivity contribution in [1.82, 2.24) is 10.4 Å². The van der Waals surface area contributed by atoms with Gasteiger partial charge in [0.15, 0.2) is 0 Å². The number of rotatable bonds is 6. The van der Waals surface area contributed by atoms with Crippen LogP contribution in [-0.4, -0.2) is 50.0 Å². The third-order valence-electron chi connectivity index (χ3n) is 4.56. The van der Waals surface area contributed by atoms with E-state index in [9.17, 15) is 4.79 Å². The molecule has 1 fully saturated rings. The Hall–Kier alpha value is -2.77. The van der Waals surface area contributed by atoms with E-state index in [0.29, 0.717) is 5.69 Å². The summed E-state index contributed by atoms with van der Waals surface area (Å²) in [5, 5.41) is 4.22. The number of carbonyl (C=O) groups excluding carboxylic acids is 1. The molecule has 2 aromatic rings. The Bertz CT molecular complexity index is 802. The summed E-state index contributed by atoms with van der Waals surface area (Å²) in [5.74, 6) is 0.532. The maximum absolute atomic E-state index is 12.1. The Balaban J connectivity index is 1.72. The van der Waals surface area contributed by atoms with Gasteiger partial charge in [-0.1, -0.05) is 6.07 Å². The lowest BCUT2D eigenvalue weighted by Gasteiger charge is -2.24. The zero-order valence-electron chi connectivity index (χ0n) is 15.7. The van der Waals surface area contributed by atoms with E-state index < -0.39 is 0 Å². The number of pyridine rings is 1. The molecular formula is C20H25N4O3+. The second-order valence-electron chi connectivity index (χ2n) is 6.42. The molecule has 142 valence electrons. The van der Waals surface area contributed by atoms with Crippen LogP contribution < -0.4 is 15.1 Å². The lowest BCUT2D eigenvalue weighted by molar-refractivity contribution is -0.921. The molecule has 1 amide bonds. The zero-order chi connectivity index (χ0) is 19.1. The Kier molecular flexibility index (Phi) is 6.51. The highest BCUT2D eigenvalue weighted by atomic mass is 16.5. The molecule has 0 radical (unpaired) electrons. The number of nitrogens with zero attached hydrogens (tertiary/aromatic N) is 2. The van der Waals surface area contributed by atoms with Crippen molar-refractivity contribution < 1.29 is 19.2 Å². The highest BCUT2D eigenvalue weighted by Gasteiger charge is 2.17. The number of hydrogen-bond acceptors (Lipinski definition) is 5. The number of carbonyl (C=O) groups is 1. The SMILES string of the molecule is COc1ccc(/C(C)=N\NC(=O)c2ccccn2)cc1C[NH+]1CCOCC1. The minimum Gasteiger partial charge on any atom is -0.496 e. The van der Waals surface area contributed by atoms with Gasteiger partial charge in [0.2, 0.25) is 0 Å². The fraction of sp³-hybridized carbons (Fsp3) is 0.350. The average molecular weight is 369 g/mol. The highest BCUT2D eigenvalue weighted by molar-refractivity contribution is 6.00. The second-order valence-corrected chi connectivity index (χ2v) is 6.42. The fourth-order valence-corrected chi connectivity index (χ4v) is 3.00. The predicted octanol–water partition coefficient (Wildman–Crippen LogP) is 0.659. The summed E-state index contributed by atoms with van der Waals surface area (Å²) in [6.07, 6.45) is 1.58. The largest absolute Gasteiger partial charge is 0.496 e. The third-order valence-corrected chi connectivity index (χ3v) is 4.56. The van der Waals surface area contributed by atoms with E-state index in [2.05, 4.69) is 21.6 Å². The smallest absolute Gasteiger partial charge is 0.289 e. The number of quaternary nitrogens is 1. The Labute approximate surface area is 159 Å². The van der Waals surface area contributed by atoms with E-state index in [1.165, 1.54) is 4.90 Å². The van der Waals surface area contributed by atoms with Crippen molar-refractivity contribution in [3.63, 3.8) is 0 Å². The van der Waals surface area contributed by atoms with Crippen LogP contribution in [0.15, 0.2) is 47.7 Å². The van der Waals surface area contributed by atoms with Crippen LogP contribution >= 0.6 is 0 Å². The minimum absolute atomic E-state index is 0.332. The molecule has 0 unspecified atom stereocenters. The molecule has 1 saturated heterocycles. The Morgan fingerprint density at radius 3 is 2.81 bits per heavy atom.